The van der Waals surface area contributed by atoms with E-state index in [1.165, 1.54) is 12.1 Å². The molecule has 4 rings (SSSR count). The molecule has 2 atom stereocenters. The summed E-state index contributed by atoms with van der Waals surface area (Å²) in [7, 11) is 0. The van der Waals surface area contributed by atoms with Crippen LogP contribution in [0.2, 0.25) is 0 Å². The Morgan fingerprint density at radius 1 is 1.03 bits per heavy atom. The number of amides is 1. The van der Waals surface area contributed by atoms with Crippen LogP contribution in [0.5, 0.6) is 5.75 Å². The maximum atomic E-state index is 14.3. The first-order valence-electron chi connectivity index (χ1n) is 12.2. The Morgan fingerprint density at radius 3 is 2.31 bits per heavy atom. The van der Waals surface area contributed by atoms with Crippen molar-refractivity contribution >= 4 is 16.7 Å². The normalized spacial score (nSPS) is 25.0. The third kappa shape index (κ3) is 5.74. The van der Waals surface area contributed by atoms with Crippen molar-refractivity contribution in [1.29, 1.82) is 0 Å². The number of halogens is 6. The minimum absolute atomic E-state index is 0.0169. The first kappa shape index (κ1) is 26.6. The lowest BCUT2D eigenvalue weighted by molar-refractivity contribution is -0.185. The fourth-order valence-electron chi connectivity index (χ4n) is 5.46. The maximum absolute atomic E-state index is 14.3. The number of hydrogen-bond donors (Lipinski definition) is 1. The van der Waals surface area contributed by atoms with Crippen LogP contribution in [0.3, 0.4) is 0 Å². The van der Waals surface area contributed by atoms with Crippen molar-refractivity contribution in [2.24, 2.45) is 17.6 Å². The molecule has 36 heavy (non-hydrogen) atoms. The second-order valence-corrected chi connectivity index (χ2v) is 9.96. The van der Waals surface area contributed by atoms with Gasteiger partial charge in [0.05, 0.1) is 17.9 Å². The molecule has 2 aliphatic rings. The maximum Gasteiger partial charge on any atom is 0.420 e. The summed E-state index contributed by atoms with van der Waals surface area (Å²) < 4.78 is 87.5. The molecule has 2 aromatic rings. The lowest BCUT2D eigenvalue weighted by Crippen LogP contribution is -2.42. The zero-order valence-electron chi connectivity index (χ0n) is 20.0. The highest BCUT2D eigenvalue weighted by atomic mass is 19.4. The Hall–Kier alpha value is -2.49. The van der Waals surface area contributed by atoms with E-state index in [0.29, 0.717) is 30.5 Å². The van der Waals surface area contributed by atoms with E-state index >= 15 is 0 Å². The fourth-order valence-corrected chi connectivity index (χ4v) is 5.46. The molecule has 0 bridgehead atoms. The second kappa shape index (κ2) is 10.1. The van der Waals surface area contributed by atoms with Gasteiger partial charge in [0.25, 0.3) is 0 Å². The van der Waals surface area contributed by atoms with Crippen LogP contribution in [0.1, 0.15) is 62.6 Å². The molecule has 10 heteroatoms. The number of nitrogens with zero attached hydrogens (tertiary/aromatic N) is 1. The topological polar surface area (TPSA) is 55.6 Å². The van der Waals surface area contributed by atoms with Crippen LogP contribution in [-0.2, 0) is 11.0 Å². The van der Waals surface area contributed by atoms with Crippen LogP contribution in [-0.4, -0.2) is 36.2 Å². The Kier molecular flexibility index (Phi) is 7.46. The smallest absolute Gasteiger partial charge is 0.420 e. The van der Waals surface area contributed by atoms with E-state index in [2.05, 4.69) is 0 Å². The van der Waals surface area contributed by atoms with Crippen LogP contribution in [0.15, 0.2) is 30.3 Å². The Morgan fingerprint density at radius 2 is 1.69 bits per heavy atom. The zero-order chi connectivity index (χ0) is 26.3. The first-order valence-corrected chi connectivity index (χ1v) is 12.2. The van der Waals surface area contributed by atoms with Crippen molar-refractivity contribution in [2.75, 3.05) is 13.1 Å². The van der Waals surface area contributed by atoms with Gasteiger partial charge >= 0.3 is 12.4 Å². The van der Waals surface area contributed by atoms with Crippen LogP contribution in [0, 0.1) is 11.8 Å². The molecule has 4 nitrogen and oxygen atoms in total. The highest BCUT2D eigenvalue weighted by Gasteiger charge is 2.43. The second-order valence-electron chi connectivity index (χ2n) is 9.96. The molecule has 0 aromatic heterocycles. The zero-order valence-corrected chi connectivity index (χ0v) is 20.0. The summed E-state index contributed by atoms with van der Waals surface area (Å²) in [4.78, 5) is 13.7. The number of ether oxygens (including phenoxy) is 1. The summed E-state index contributed by atoms with van der Waals surface area (Å²) in [5, 5.41) is 0.372. The van der Waals surface area contributed by atoms with Crippen molar-refractivity contribution in [3.8, 4) is 5.75 Å². The predicted molar refractivity (Wildman–Crippen MR) is 123 cm³/mol. The number of primary amides is 1. The number of benzene rings is 2. The fraction of sp³-hybridized carbons (Fsp3) is 0.577. The summed E-state index contributed by atoms with van der Waals surface area (Å²) in [5.41, 5.74) is 5.22. The quantitative estimate of drug-likeness (QED) is 0.455. The van der Waals surface area contributed by atoms with E-state index in [9.17, 15) is 31.1 Å². The van der Waals surface area contributed by atoms with E-state index in [-0.39, 0.29) is 54.7 Å². The molecule has 1 aliphatic carbocycles. The summed E-state index contributed by atoms with van der Waals surface area (Å²) in [5.74, 6) is -2.47. The Labute approximate surface area is 205 Å². The van der Waals surface area contributed by atoms with E-state index in [0.717, 1.165) is 6.42 Å². The van der Waals surface area contributed by atoms with Crippen LogP contribution in [0.4, 0.5) is 26.3 Å². The van der Waals surface area contributed by atoms with Gasteiger partial charge in [0.1, 0.15) is 11.3 Å². The summed E-state index contributed by atoms with van der Waals surface area (Å²) in [6.07, 6.45) is -8.48. The minimum Gasteiger partial charge on any atom is -0.490 e. The molecule has 1 saturated carbocycles. The molecular weight excluding hydrogens is 486 g/mol. The van der Waals surface area contributed by atoms with E-state index in [4.69, 9.17) is 10.5 Å². The number of carbonyl (C=O) groups excluding carboxylic acids is 1. The molecule has 1 unspecified atom stereocenters. The van der Waals surface area contributed by atoms with Gasteiger partial charge in [-0.2, -0.15) is 26.3 Å². The number of likely N-dealkylation sites (tertiary alicyclic amines) is 1. The molecular formula is C26H30F6N2O2. The summed E-state index contributed by atoms with van der Waals surface area (Å²) >= 11 is 0. The largest absolute Gasteiger partial charge is 0.490 e. The number of alkyl halides is 6. The van der Waals surface area contributed by atoms with Gasteiger partial charge in [0.2, 0.25) is 5.91 Å². The van der Waals surface area contributed by atoms with E-state index < -0.39 is 29.9 Å². The third-order valence-electron chi connectivity index (χ3n) is 7.61. The number of hydrogen-bond acceptors (Lipinski definition) is 3. The van der Waals surface area contributed by atoms with Gasteiger partial charge in [-0.3, -0.25) is 9.69 Å². The average molecular weight is 517 g/mol. The first-order chi connectivity index (χ1) is 16.8. The van der Waals surface area contributed by atoms with Gasteiger partial charge in [-0.15, -0.1) is 0 Å². The Balaban J connectivity index is 1.62. The lowest BCUT2D eigenvalue weighted by atomic mass is 9.87. The molecule has 0 spiro atoms. The average Bonchev–Trinajstić information content (AvgIpc) is 2.82. The Bertz CT molecular complexity index is 1090. The van der Waals surface area contributed by atoms with Crippen molar-refractivity contribution in [1.82, 2.24) is 4.90 Å². The molecule has 2 N–H and O–H groups in total. The van der Waals surface area contributed by atoms with Crippen molar-refractivity contribution in [2.45, 2.75) is 69.9 Å². The van der Waals surface area contributed by atoms with E-state index in [1.807, 2.05) is 11.8 Å². The summed E-state index contributed by atoms with van der Waals surface area (Å²) in [6.45, 7) is 3.04. The van der Waals surface area contributed by atoms with Gasteiger partial charge in [-0.1, -0.05) is 18.2 Å². The van der Waals surface area contributed by atoms with Gasteiger partial charge in [0, 0.05) is 12.6 Å². The highest BCUT2D eigenvalue weighted by Crippen LogP contribution is 2.44. The van der Waals surface area contributed by atoms with Gasteiger partial charge < -0.3 is 10.5 Å². The van der Waals surface area contributed by atoms with Crippen molar-refractivity contribution < 1.29 is 35.9 Å². The lowest BCUT2D eigenvalue weighted by Gasteiger charge is -2.36. The molecule has 1 heterocycles. The number of piperidine rings is 1. The van der Waals surface area contributed by atoms with Crippen molar-refractivity contribution in [3.63, 3.8) is 0 Å². The van der Waals surface area contributed by atoms with Crippen LogP contribution < -0.4 is 10.5 Å². The van der Waals surface area contributed by atoms with Crippen LogP contribution in [0.25, 0.3) is 10.8 Å². The predicted octanol–water partition coefficient (Wildman–Crippen LogP) is 6.62. The molecule has 198 valence electrons. The molecule has 1 aliphatic heterocycles. The van der Waals surface area contributed by atoms with Gasteiger partial charge in [-0.05, 0) is 80.5 Å². The molecule has 0 radical (unpaired) electrons. The van der Waals surface area contributed by atoms with Crippen LogP contribution >= 0.6 is 0 Å². The van der Waals surface area contributed by atoms with Gasteiger partial charge in [0.15, 0.2) is 0 Å². The standard InChI is InChI=1S/C26H30F6N2O2/c1-15(34-12-2-3-18(14-34)24(33)35)17-5-4-16-6-11-22(23(21(16)13-17)26(30,31)32)36-20-9-7-19(8-10-20)25(27,28)29/h4-6,11,13,15,18-20H,2-3,7-10,12,14H2,1H3,(H2,33,35)/t15?,18-,19?,20?/m1/s1. The number of nitrogens with two attached hydrogens (primary N) is 1. The number of rotatable bonds is 5. The number of carbonyl (C=O) groups is 1. The highest BCUT2D eigenvalue weighted by molar-refractivity contribution is 5.89. The molecule has 2 fully saturated rings. The van der Waals surface area contributed by atoms with Crippen molar-refractivity contribution in [3.05, 3.63) is 41.5 Å². The monoisotopic (exact) mass is 516 g/mol. The third-order valence-corrected chi connectivity index (χ3v) is 7.61. The molecule has 1 saturated heterocycles. The molecule has 1 amide bonds. The summed E-state index contributed by atoms with van der Waals surface area (Å²) in [6, 6.07) is 7.47. The molecule has 2 aromatic carbocycles. The minimum atomic E-state index is -4.72. The SMILES string of the molecule is CC(c1ccc2ccc(OC3CCC(C(F)(F)F)CC3)c(C(F)(F)F)c2c1)N1CCC[C@@H](C(N)=O)C1. The number of fused-ring (bicyclic) bond motifs is 1. The van der Waals surface area contributed by atoms with Gasteiger partial charge in [-0.25, -0.2) is 0 Å². The van der Waals surface area contributed by atoms with E-state index in [1.54, 1.807) is 18.2 Å².